The normalized spacial score (nSPS) is 13.0. The summed E-state index contributed by atoms with van der Waals surface area (Å²) in [4.78, 5) is 4.37. The number of oxazole rings is 1. The standard InChI is InChI=1S/C24H19ClN2O5S/c1-15-4-2-7-18(12-15)26-23-24(27-22(32-23)16-5-3-6-17(25)13-16)33(28,29)19-8-9-20-21(14-19)31-11-10-30-20/h2-9,12-14,26H,10-11H2,1H3. The zero-order chi connectivity index (χ0) is 23.0. The third kappa shape index (κ3) is 4.27. The van der Waals surface area contributed by atoms with Crippen LogP contribution in [-0.4, -0.2) is 26.6 Å². The maximum atomic E-state index is 13.6. The van der Waals surface area contributed by atoms with Crippen LogP contribution in [-0.2, 0) is 9.84 Å². The fraction of sp³-hybridized carbons (Fsp3) is 0.125. The van der Waals surface area contributed by atoms with Crippen LogP contribution in [0.25, 0.3) is 11.5 Å². The van der Waals surface area contributed by atoms with Crippen molar-refractivity contribution in [3.05, 3.63) is 77.3 Å². The van der Waals surface area contributed by atoms with Gasteiger partial charge in [0.25, 0.3) is 0 Å². The molecule has 0 fully saturated rings. The Morgan fingerprint density at radius 2 is 1.73 bits per heavy atom. The van der Waals surface area contributed by atoms with Crippen molar-refractivity contribution in [2.75, 3.05) is 18.5 Å². The molecule has 2 heterocycles. The molecule has 0 aliphatic carbocycles. The molecule has 0 bridgehead atoms. The van der Waals surface area contributed by atoms with Crippen molar-refractivity contribution >= 4 is 33.0 Å². The highest BCUT2D eigenvalue weighted by Gasteiger charge is 2.30. The van der Waals surface area contributed by atoms with Gasteiger partial charge in [0, 0.05) is 22.3 Å². The number of anilines is 2. The monoisotopic (exact) mass is 482 g/mol. The van der Waals surface area contributed by atoms with E-state index in [1.165, 1.54) is 12.1 Å². The minimum absolute atomic E-state index is 0.00506. The van der Waals surface area contributed by atoms with Crippen LogP contribution in [0, 0.1) is 6.92 Å². The summed E-state index contributed by atoms with van der Waals surface area (Å²) in [6, 6.07) is 18.8. The van der Waals surface area contributed by atoms with Gasteiger partial charge in [0.15, 0.2) is 11.5 Å². The lowest BCUT2D eigenvalue weighted by Gasteiger charge is -2.18. The Balaban J connectivity index is 1.62. The molecule has 0 atom stereocenters. The summed E-state index contributed by atoms with van der Waals surface area (Å²) in [6.07, 6.45) is 0. The first-order valence-electron chi connectivity index (χ1n) is 10.2. The van der Waals surface area contributed by atoms with E-state index in [9.17, 15) is 8.42 Å². The van der Waals surface area contributed by atoms with E-state index in [0.717, 1.165) is 5.56 Å². The van der Waals surface area contributed by atoms with E-state index in [0.29, 0.717) is 41.0 Å². The molecule has 3 aromatic carbocycles. The Kier molecular flexibility index (Phi) is 5.47. The van der Waals surface area contributed by atoms with Crippen molar-refractivity contribution in [1.29, 1.82) is 0 Å². The predicted molar refractivity (Wildman–Crippen MR) is 124 cm³/mol. The minimum atomic E-state index is -4.07. The van der Waals surface area contributed by atoms with E-state index in [1.807, 2.05) is 31.2 Å². The van der Waals surface area contributed by atoms with Crippen molar-refractivity contribution < 1.29 is 22.3 Å². The molecule has 5 rings (SSSR count). The minimum Gasteiger partial charge on any atom is -0.486 e. The molecule has 0 unspecified atom stereocenters. The Labute approximate surface area is 195 Å². The molecule has 4 aromatic rings. The van der Waals surface area contributed by atoms with Crippen LogP contribution >= 0.6 is 11.6 Å². The number of halogens is 1. The maximum Gasteiger partial charge on any atom is 0.238 e. The summed E-state index contributed by atoms with van der Waals surface area (Å²) in [5, 5.41) is 3.30. The van der Waals surface area contributed by atoms with Crippen molar-refractivity contribution in [1.82, 2.24) is 4.98 Å². The third-order valence-corrected chi connectivity index (χ3v) is 6.92. The van der Waals surface area contributed by atoms with Gasteiger partial charge in [-0.3, -0.25) is 0 Å². The Bertz CT molecular complexity index is 1450. The van der Waals surface area contributed by atoms with Crippen LogP contribution in [0.4, 0.5) is 11.6 Å². The van der Waals surface area contributed by atoms with Gasteiger partial charge in [-0.1, -0.05) is 29.8 Å². The van der Waals surface area contributed by atoms with E-state index < -0.39 is 9.84 Å². The number of hydrogen-bond acceptors (Lipinski definition) is 7. The fourth-order valence-corrected chi connectivity index (χ4v) is 4.93. The van der Waals surface area contributed by atoms with E-state index >= 15 is 0 Å². The van der Waals surface area contributed by atoms with Crippen molar-refractivity contribution in [3.8, 4) is 23.0 Å². The molecular formula is C24H19ClN2O5S. The van der Waals surface area contributed by atoms with Gasteiger partial charge in [0.05, 0.1) is 4.90 Å². The average Bonchev–Trinajstić information content (AvgIpc) is 3.23. The topological polar surface area (TPSA) is 90.7 Å². The van der Waals surface area contributed by atoms with Gasteiger partial charge < -0.3 is 19.2 Å². The Hall–Kier alpha value is -3.49. The summed E-state index contributed by atoms with van der Waals surface area (Å²) >= 11 is 6.11. The molecule has 168 valence electrons. The van der Waals surface area contributed by atoms with Crippen LogP contribution in [0.2, 0.25) is 5.02 Å². The van der Waals surface area contributed by atoms with Crippen LogP contribution in [0.3, 0.4) is 0 Å². The second kappa shape index (κ2) is 8.46. The van der Waals surface area contributed by atoms with E-state index in [4.69, 9.17) is 25.5 Å². The summed E-state index contributed by atoms with van der Waals surface area (Å²) in [7, 11) is -4.07. The first-order valence-corrected chi connectivity index (χ1v) is 12.0. The van der Waals surface area contributed by atoms with Gasteiger partial charge in [0.1, 0.15) is 13.2 Å². The zero-order valence-corrected chi connectivity index (χ0v) is 19.1. The molecule has 0 saturated carbocycles. The number of hydrogen-bond donors (Lipinski definition) is 1. The molecule has 9 heteroatoms. The average molecular weight is 483 g/mol. The van der Waals surface area contributed by atoms with Gasteiger partial charge in [-0.15, -0.1) is 0 Å². The number of fused-ring (bicyclic) bond motifs is 1. The van der Waals surface area contributed by atoms with E-state index in [1.54, 1.807) is 30.3 Å². The van der Waals surface area contributed by atoms with Gasteiger partial charge in [-0.05, 0) is 55.0 Å². The van der Waals surface area contributed by atoms with Crippen molar-refractivity contribution in [3.63, 3.8) is 0 Å². The lowest BCUT2D eigenvalue weighted by Crippen LogP contribution is -2.16. The van der Waals surface area contributed by atoms with Crippen molar-refractivity contribution in [2.24, 2.45) is 0 Å². The number of aromatic nitrogens is 1. The lowest BCUT2D eigenvalue weighted by atomic mass is 10.2. The molecular weight excluding hydrogens is 464 g/mol. The Morgan fingerprint density at radius 3 is 2.52 bits per heavy atom. The number of nitrogens with one attached hydrogen (secondary N) is 1. The highest BCUT2D eigenvalue weighted by atomic mass is 35.5. The van der Waals surface area contributed by atoms with Crippen LogP contribution in [0.15, 0.2) is 81.1 Å². The van der Waals surface area contributed by atoms with Gasteiger partial charge in [-0.25, -0.2) is 8.42 Å². The molecule has 0 saturated heterocycles. The van der Waals surface area contributed by atoms with Gasteiger partial charge >= 0.3 is 0 Å². The highest BCUT2D eigenvalue weighted by Crippen LogP contribution is 2.38. The van der Waals surface area contributed by atoms with Crippen LogP contribution in [0.5, 0.6) is 11.5 Å². The van der Waals surface area contributed by atoms with E-state index in [-0.39, 0.29) is 21.7 Å². The molecule has 1 aromatic heterocycles. The van der Waals surface area contributed by atoms with Gasteiger partial charge in [0.2, 0.25) is 26.6 Å². The second-order valence-corrected chi connectivity index (χ2v) is 9.77. The summed E-state index contributed by atoms with van der Waals surface area (Å²) in [5.41, 5.74) is 2.23. The highest BCUT2D eigenvalue weighted by molar-refractivity contribution is 7.91. The number of aryl methyl sites for hydroxylation is 1. The SMILES string of the molecule is Cc1cccc(Nc2oc(-c3cccc(Cl)c3)nc2S(=O)(=O)c2ccc3c(c2)OCCO3)c1. The molecule has 1 N–H and O–H groups in total. The number of rotatable bonds is 5. The number of sulfone groups is 1. The first-order chi connectivity index (χ1) is 15.9. The van der Waals surface area contributed by atoms with Crippen LogP contribution in [0.1, 0.15) is 5.56 Å². The first kappa shape index (κ1) is 21.4. The van der Waals surface area contributed by atoms with Crippen LogP contribution < -0.4 is 14.8 Å². The Morgan fingerprint density at radius 1 is 0.939 bits per heavy atom. The lowest BCUT2D eigenvalue weighted by molar-refractivity contribution is 0.171. The predicted octanol–water partition coefficient (Wildman–Crippen LogP) is 5.65. The summed E-state index contributed by atoms with van der Waals surface area (Å²) < 4.78 is 44.2. The summed E-state index contributed by atoms with van der Waals surface area (Å²) in [6.45, 7) is 2.70. The molecule has 33 heavy (non-hydrogen) atoms. The molecule has 0 spiro atoms. The molecule has 7 nitrogen and oxygen atoms in total. The van der Waals surface area contributed by atoms with Crippen molar-refractivity contribution in [2.45, 2.75) is 16.8 Å². The number of benzene rings is 3. The fourth-order valence-electron chi connectivity index (χ4n) is 3.47. The van der Waals surface area contributed by atoms with Gasteiger partial charge in [-0.2, -0.15) is 4.98 Å². The molecule has 0 amide bonds. The smallest absolute Gasteiger partial charge is 0.238 e. The molecule has 0 radical (unpaired) electrons. The quantitative estimate of drug-likeness (QED) is 0.393. The van der Waals surface area contributed by atoms with E-state index in [2.05, 4.69) is 10.3 Å². The number of ether oxygens (including phenoxy) is 2. The molecule has 1 aliphatic heterocycles. The summed E-state index contributed by atoms with van der Waals surface area (Å²) in [5.74, 6) is 1.00. The number of nitrogens with zero attached hydrogens (tertiary/aromatic N) is 1. The largest absolute Gasteiger partial charge is 0.486 e. The molecule has 1 aliphatic rings. The third-order valence-electron chi connectivity index (χ3n) is 5.02. The zero-order valence-electron chi connectivity index (χ0n) is 17.5. The maximum absolute atomic E-state index is 13.6. The second-order valence-electron chi connectivity index (χ2n) is 7.47.